The van der Waals surface area contributed by atoms with Gasteiger partial charge in [-0.3, -0.25) is 0 Å². The van der Waals surface area contributed by atoms with Crippen molar-refractivity contribution in [1.82, 2.24) is 15.3 Å². The molecule has 1 aromatic rings. The van der Waals surface area contributed by atoms with Crippen LogP contribution < -0.4 is 10.2 Å². The van der Waals surface area contributed by atoms with Gasteiger partial charge in [0.2, 0.25) is 5.28 Å². The fourth-order valence-corrected chi connectivity index (χ4v) is 2.01. The monoisotopic (exact) mass is 240 g/mol. The summed E-state index contributed by atoms with van der Waals surface area (Å²) in [5.41, 5.74) is 2.27. The molecule has 5 heteroatoms. The zero-order valence-corrected chi connectivity index (χ0v) is 10.7. The molecule has 1 N–H and O–H groups in total. The lowest BCUT2D eigenvalue weighted by molar-refractivity contribution is 0.618. The van der Waals surface area contributed by atoms with Gasteiger partial charge in [-0.1, -0.05) is 0 Å². The molecule has 2 rings (SSSR count). The average Bonchev–Trinajstić information content (AvgIpc) is 2.26. The highest BCUT2D eigenvalue weighted by molar-refractivity contribution is 6.28. The summed E-state index contributed by atoms with van der Waals surface area (Å²) in [6.45, 7) is 6.07. The van der Waals surface area contributed by atoms with Crippen LogP contribution in [0.15, 0.2) is 0 Å². The smallest absolute Gasteiger partial charge is 0.224 e. The van der Waals surface area contributed by atoms with Crippen molar-refractivity contribution in [1.29, 1.82) is 0 Å². The van der Waals surface area contributed by atoms with Gasteiger partial charge in [0.25, 0.3) is 0 Å². The molecule has 16 heavy (non-hydrogen) atoms. The Bertz CT molecular complexity index is 392. The minimum Gasteiger partial charge on any atom is -0.357 e. The number of aromatic nitrogens is 2. The summed E-state index contributed by atoms with van der Waals surface area (Å²) in [5, 5.41) is 3.69. The van der Waals surface area contributed by atoms with Crippen molar-refractivity contribution in [3.63, 3.8) is 0 Å². The van der Waals surface area contributed by atoms with Crippen molar-refractivity contribution in [3.05, 3.63) is 16.5 Å². The van der Waals surface area contributed by atoms with E-state index in [0.717, 1.165) is 31.0 Å². The molecule has 4 nitrogen and oxygen atoms in total. The van der Waals surface area contributed by atoms with Gasteiger partial charge in [0, 0.05) is 38.2 Å². The summed E-state index contributed by atoms with van der Waals surface area (Å²) >= 11 is 5.96. The predicted molar refractivity (Wildman–Crippen MR) is 66.0 cm³/mol. The maximum absolute atomic E-state index is 5.96. The summed E-state index contributed by atoms with van der Waals surface area (Å²) in [6, 6.07) is 0.400. The molecule has 1 aromatic heterocycles. The number of rotatable bonds is 2. The van der Waals surface area contributed by atoms with E-state index in [0.29, 0.717) is 11.3 Å². The van der Waals surface area contributed by atoms with Crippen LogP contribution in [-0.4, -0.2) is 29.6 Å². The van der Waals surface area contributed by atoms with E-state index in [-0.39, 0.29) is 0 Å². The van der Waals surface area contributed by atoms with Crippen molar-refractivity contribution >= 4 is 17.4 Å². The van der Waals surface area contributed by atoms with Crippen LogP contribution in [0.1, 0.15) is 25.1 Å². The fraction of sp³-hybridized carbons (Fsp3) is 0.636. The van der Waals surface area contributed by atoms with Crippen molar-refractivity contribution in [2.24, 2.45) is 0 Å². The summed E-state index contributed by atoms with van der Waals surface area (Å²) in [6.07, 6.45) is 0.927. The maximum atomic E-state index is 5.96. The Hall–Kier alpha value is -0.870. The third kappa shape index (κ3) is 2.13. The molecule has 0 amide bonds. The van der Waals surface area contributed by atoms with E-state index in [1.165, 1.54) is 5.56 Å². The van der Waals surface area contributed by atoms with Gasteiger partial charge in [0.15, 0.2) is 0 Å². The standard InChI is InChI=1S/C11H17ClN4/c1-7(2)16(3)10-8-6-13-5-4-9(8)14-11(12)15-10/h7,13H,4-6H2,1-3H3. The molecule has 0 radical (unpaired) electrons. The van der Waals surface area contributed by atoms with Gasteiger partial charge in [-0.25, -0.2) is 9.97 Å². The Balaban J connectivity index is 2.47. The van der Waals surface area contributed by atoms with Crippen molar-refractivity contribution in [2.45, 2.75) is 32.9 Å². The van der Waals surface area contributed by atoms with E-state index in [1.807, 2.05) is 7.05 Å². The highest BCUT2D eigenvalue weighted by Gasteiger charge is 2.20. The highest BCUT2D eigenvalue weighted by Crippen LogP contribution is 2.25. The molecule has 0 saturated heterocycles. The summed E-state index contributed by atoms with van der Waals surface area (Å²) in [7, 11) is 2.04. The van der Waals surface area contributed by atoms with Gasteiger partial charge >= 0.3 is 0 Å². The quantitative estimate of drug-likeness (QED) is 0.798. The normalized spacial score (nSPS) is 15.1. The van der Waals surface area contributed by atoms with Gasteiger partial charge < -0.3 is 10.2 Å². The molecular weight excluding hydrogens is 224 g/mol. The molecule has 88 valence electrons. The first-order valence-corrected chi connectivity index (χ1v) is 5.96. The Morgan fingerprint density at radius 3 is 2.81 bits per heavy atom. The molecule has 1 aliphatic rings. The summed E-state index contributed by atoms with van der Waals surface area (Å²) in [4.78, 5) is 10.8. The number of nitrogens with zero attached hydrogens (tertiary/aromatic N) is 3. The predicted octanol–water partition coefficient (Wildman–Crippen LogP) is 1.62. The van der Waals surface area contributed by atoms with Crippen LogP contribution in [0, 0.1) is 0 Å². The van der Waals surface area contributed by atoms with Gasteiger partial charge in [-0.15, -0.1) is 0 Å². The lowest BCUT2D eigenvalue weighted by Crippen LogP contribution is -2.32. The van der Waals surface area contributed by atoms with Crippen LogP contribution in [-0.2, 0) is 13.0 Å². The second-order valence-corrected chi connectivity index (χ2v) is 4.71. The first-order chi connectivity index (χ1) is 7.59. The Kier molecular flexibility index (Phi) is 3.30. The van der Waals surface area contributed by atoms with Crippen LogP contribution in [0.2, 0.25) is 5.28 Å². The van der Waals surface area contributed by atoms with Gasteiger partial charge in [-0.2, -0.15) is 0 Å². The van der Waals surface area contributed by atoms with Gasteiger partial charge in [-0.05, 0) is 25.4 Å². The molecule has 0 aliphatic carbocycles. The largest absolute Gasteiger partial charge is 0.357 e. The molecule has 0 unspecified atom stereocenters. The number of hydrogen-bond donors (Lipinski definition) is 1. The average molecular weight is 241 g/mol. The zero-order chi connectivity index (χ0) is 11.7. The molecule has 0 saturated carbocycles. The van der Waals surface area contributed by atoms with Crippen LogP contribution in [0.5, 0.6) is 0 Å². The van der Waals surface area contributed by atoms with Crippen molar-refractivity contribution in [3.8, 4) is 0 Å². The lowest BCUT2D eigenvalue weighted by atomic mass is 10.1. The zero-order valence-electron chi connectivity index (χ0n) is 9.92. The first kappa shape index (κ1) is 11.6. The number of anilines is 1. The van der Waals surface area contributed by atoms with Crippen LogP contribution in [0.25, 0.3) is 0 Å². The molecule has 0 spiro atoms. The van der Waals surface area contributed by atoms with Gasteiger partial charge in [0.1, 0.15) is 5.82 Å². The molecular formula is C11H17ClN4. The van der Waals surface area contributed by atoms with E-state index in [4.69, 9.17) is 11.6 Å². The molecule has 0 atom stereocenters. The van der Waals surface area contributed by atoms with Gasteiger partial charge in [0.05, 0.1) is 5.69 Å². The fourth-order valence-electron chi connectivity index (χ4n) is 1.83. The number of hydrogen-bond acceptors (Lipinski definition) is 4. The van der Waals surface area contributed by atoms with E-state index in [1.54, 1.807) is 0 Å². The lowest BCUT2D eigenvalue weighted by Gasteiger charge is -2.28. The topological polar surface area (TPSA) is 41.1 Å². The molecule has 0 aromatic carbocycles. The molecule has 0 fully saturated rings. The van der Waals surface area contributed by atoms with Crippen molar-refractivity contribution in [2.75, 3.05) is 18.5 Å². The van der Waals surface area contributed by atoms with E-state index in [9.17, 15) is 0 Å². The Morgan fingerprint density at radius 1 is 1.38 bits per heavy atom. The highest BCUT2D eigenvalue weighted by atomic mass is 35.5. The van der Waals surface area contributed by atoms with Crippen LogP contribution in [0.3, 0.4) is 0 Å². The Morgan fingerprint density at radius 2 is 2.12 bits per heavy atom. The number of nitrogens with one attached hydrogen (secondary N) is 1. The third-order valence-corrected chi connectivity index (χ3v) is 3.16. The second-order valence-electron chi connectivity index (χ2n) is 4.37. The summed E-state index contributed by atoms with van der Waals surface area (Å²) < 4.78 is 0. The third-order valence-electron chi connectivity index (χ3n) is 2.99. The minimum absolute atomic E-state index is 0.350. The van der Waals surface area contributed by atoms with Crippen molar-refractivity contribution < 1.29 is 0 Å². The molecule has 0 bridgehead atoms. The number of fused-ring (bicyclic) bond motifs is 1. The minimum atomic E-state index is 0.350. The number of halogens is 1. The van der Waals surface area contributed by atoms with Crippen LogP contribution in [0.4, 0.5) is 5.82 Å². The molecule has 2 heterocycles. The first-order valence-electron chi connectivity index (χ1n) is 5.58. The second kappa shape index (κ2) is 4.55. The van der Waals surface area contributed by atoms with E-state index in [2.05, 4.69) is 34.0 Å². The molecule has 1 aliphatic heterocycles. The maximum Gasteiger partial charge on any atom is 0.224 e. The van der Waals surface area contributed by atoms with Crippen LogP contribution >= 0.6 is 11.6 Å². The summed E-state index contributed by atoms with van der Waals surface area (Å²) in [5.74, 6) is 0.956. The van der Waals surface area contributed by atoms with E-state index < -0.39 is 0 Å². The SMILES string of the molecule is CC(C)N(C)c1nc(Cl)nc2c1CNCC2. The Labute approximate surface area is 101 Å². The van der Waals surface area contributed by atoms with E-state index >= 15 is 0 Å².